The van der Waals surface area contributed by atoms with Gasteiger partial charge in [0.1, 0.15) is 23.7 Å². The monoisotopic (exact) mass is 488 g/mol. The van der Waals surface area contributed by atoms with Gasteiger partial charge in [-0.05, 0) is 111 Å². The molecule has 0 spiro atoms. The number of ether oxygens (including phenoxy) is 2. The molecule has 2 fully saturated rings. The molecular weight excluding hydrogens is 456 g/mol. The van der Waals surface area contributed by atoms with Gasteiger partial charge in [0.15, 0.2) is 0 Å². The lowest BCUT2D eigenvalue weighted by Crippen LogP contribution is -2.34. The van der Waals surface area contributed by atoms with E-state index in [4.69, 9.17) is 9.47 Å². The second-order valence-electron chi connectivity index (χ2n) is 9.25. The molecule has 0 saturated carbocycles. The highest BCUT2D eigenvalue weighted by atomic mass is 16.5. The molecule has 0 radical (unpaired) electrons. The van der Waals surface area contributed by atoms with E-state index >= 15 is 0 Å². The van der Waals surface area contributed by atoms with Gasteiger partial charge in [-0.3, -0.25) is 9.59 Å². The zero-order chi connectivity index (χ0) is 24.7. The first-order valence-corrected chi connectivity index (χ1v) is 12.6. The summed E-state index contributed by atoms with van der Waals surface area (Å²) >= 11 is 0. The molecule has 2 aromatic carbocycles. The normalized spacial score (nSPS) is 16.9. The summed E-state index contributed by atoms with van der Waals surface area (Å²) in [5.74, 6) is 1.69. The minimum atomic E-state index is -0.0547. The minimum Gasteiger partial charge on any atom is -0.490 e. The van der Waals surface area contributed by atoms with Crippen molar-refractivity contribution in [1.82, 2.24) is 20.6 Å². The van der Waals surface area contributed by atoms with Crippen molar-refractivity contribution in [3.8, 4) is 11.5 Å². The molecule has 0 aliphatic carbocycles. The maximum absolute atomic E-state index is 11.6. The Hall–Kier alpha value is -3.62. The van der Waals surface area contributed by atoms with Gasteiger partial charge in [-0.25, -0.2) is 0 Å². The van der Waals surface area contributed by atoms with Crippen LogP contribution in [0.1, 0.15) is 25.7 Å². The molecule has 2 aromatic heterocycles. The van der Waals surface area contributed by atoms with Gasteiger partial charge >= 0.3 is 0 Å². The van der Waals surface area contributed by atoms with Crippen molar-refractivity contribution < 1.29 is 9.47 Å². The highest BCUT2D eigenvalue weighted by Gasteiger charge is 2.15. The van der Waals surface area contributed by atoms with Crippen molar-refractivity contribution in [1.29, 1.82) is 0 Å². The average Bonchev–Trinajstić information content (AvgIpc) is 2.91. The van der Waals surface area contributed by atoms with E-state index in [2.05, 4.69) is 20.6 Å². The third-order valence-corrected chi connectivity index (χ3v) is 6.67. The molecule has 8 nitrogen and oxygen atoms in total. The van der Waals surface area contributed by atoms with Gasteiger partial charge in [0.05, 0.1) is 0 Å². The van der Waals surface area contributed by atoms with E-state index in [-0.39, 0.29) is 23.3 Å². The van der Waals surface area contributed by atoms with Gasteiger partial charge in [0.2, 0.25) is 0 Å². The Kier molecular flexibility index (Phi) is 7.64. The summed E-state index contributed by atoms with van der Waals surface area (Å²) in [5.41, 5.74) is -0.109. The average molecular weight is 489 g/mol. The summed E-state index contributed by atoms with van der Waals surface area (Å²) in [5, 5.41) is 9.87. The van der Waals surface area contributed by atoms with E-state index in [1.165, 1.54) is 0 Å². The number of rotatable bonds is 4. The van der Waals surface area contributed by atoms with Crippen molar-refractivity contribution >= 4 is 21.5 Å². The first-order valence-electron chi connectivity index (χ1n) is 12.6. The van der Waals surface area contributed by atoms with Crippen LogP contribution in [0.15, 0.2) is 70.5 Å². The van der Waals surface area contributed by atoms with Crippen LogP contribution in [0.5, 0.6) is 11.5 Å². The topological polar surface area (TPSA) is 108 Å². The fraction of sp³-hybridized carbons (Fsp3) is 0.357. The molecule has 8 heteroatoms. The molecule has 36 heavy (non-hydrogen) atoms. The molecule has 2 aliphatic rings. The predicted molar refractivity (Wildman–Crippen MR) is 142 cm³/mol. The van der Waals surface area contributed by atoms with Crippen LogP contribution in [0.2, 0.25) is 0 Å². The maximum atomic E-state index is 11.6. The fourth-order valence-corrected chi connectivity index (χ4v) is 4.70. The molecule has 4 aromatic rings. The van der Waals surface area contributed by atoms with Crippen molar-refractivity contribution in [3.63, 3.8) is 0 Å². The standard InChI is InChI=1S/2C14H16N2O2/c2*17-14-13-2-1-12(9-10(13)3-8-16-14)18-11-4-6-15-7-5-11/h2*1-3,8-9,11,15H,4-7H2,(H,16,17). The molecule has 2 saturated heterocycles. The molecule has 4 heterocycles. The van der Waals surface area contributed by atoms with Crippen LogP contribution < -0.4 is 31.2 Å². The van der Waals surface area contributed by atoms with E-state index in [1.54, 1.807) is 12.4 Å². The number of hydrogen-bond donors (Lipinski definition) is 4. The zero-order valence-electron chi connectivity index (χ0n) is 20.2. The molecule has 0 unspecified atom stereocenters. The third kappa shape index (κ3) is 5.95. The molecule has 4 N–H and O–H groups in total. The quantitative estimate of drug-likeness (QED) is 0.351. The Morgan fingerprint density at radius 2 is 1.00 bits per heavy atom. The summed E-state index contributed by atoms with van der Waals surface area (Å²) in [6, 6.07) is 15.1. The van der Waals surface area contributed by atoms with Crippen molar-refractivity contribution in [2.45, 2.75) is 37.9 Å². The predicted octanol–water partition coefficient (Wildman–Crippen LogP) is 3.32. The van der Waals surface area contributed by atoms with Crippen LogP contribution in [-0.4, -0.2) is 48.4 Å². The molecular formula is C28H32N4O4. The lowest BCUT2D eigenvalue weighted by molar-refractivity contribution is 0.162. The van der Waals surface area contributed by atoms with Crippen LogP contribution in [0.25, 0.3) is 21.5 Å². The van der Waals surface area contributed by atoms with Gasteiger partial charge < -0.3 is 30.1 Å². The summed E-state index contributed by atoms with van der Waals surface area (Å²) in [6.07, 6.45) is 8.04. The van der Waals surface area contributed by atoms with Crippen molar-refractivity contribution in [2.75, 3.05) is 26.2 Å². The third-order valence-electron chi connectivity index (χ3n) is 6.67. The molecule has 0 atom stereocenters. The van der Waals surface area contributed by atoms with Gasteiger partial charge in [0, 0.05) is 23.2 Å². The first-order chi connectivity index (χ1) is 17.7. The van der Waals surface area contributed by atoms with Crippen LogP contribution >= 0.6 is 0 Å². The Balaban J connectivity index is 0.000000148. The van der Waals surface area contributed by atoms with Crippen molar-refractivity contribution in [2.24, 2.45) is 0 Å². The number of piperidine rings is 2. The molecule has 0 bridgehead atoms. The zero-order valence-corrected chi connectivity index (χ0v) is 20.2. The lowest BCUT2D eigenvalue weighted by atomic mass is 10.1. The van der Waals surface area contributed by atoms with Gasteiger partial charge in [0.25, 0.3) is 11.1 Å². The van der Waals surface area contributed by atoms with Gasteiger partial charge in [-0.15, -0.1) is 0 Å². The van der Waals surface area contributed by atoms with Crippen LogP contribution in [0, 0.1) is 0 Å². The van der Waals surface area contributed by atoms with E-state index in [9.17, 15) is 9.59 Å². The number of hydrogen-bond acceptors (Lipinski definition) is 6. The number of fused-ring (bicyclic) bond motifs is 2. The van der Waals surface area contributed by atoms with Gasteiger partial charge in [-0.2, -0.15) is 0 Å². The second-order valence-corrected chi connectivity index (χ2v) is 9.25. The smallest absolute Gasteiger partial charge is 0.255 e. The summed E-state index contributed by atoms with van der Waals surface area (Å²) in [6.45, 7) is 4.05. The number of aromatic nitrogens is 2. The molecule has 188 valence electrons. The molecule has 2 aliphatic heterocycles. The summed E-state index contributed by atoms with van der Waals surface area (Å²) in [7, 11) is 0. The summed E-state index contributed by atoms with van der Waals surface area (Å²) < 4.78 is 11.9. The number of aromatic amines is 2. The maximum Gasteiger partial charge on any atom is 0.255 e. The van der Waals surface area contributed by atoms with E-state index in [0.29, 0.717) is 10.8 Å². The number of pyridine rings is 2. The summed E-state index contributed by atoms with van der Waals surface area (Å²) in [4.78, 5) is 28.5. The number of benzene rings is 2. The Morgan fingerprint density at radius 3 is 1.42 bits per heavy atom. The Bertz CT molecular complexity index is 1310. The number of H-pyrrole nitrogens is 2. The Labute approximate surface area is 209 Å². The first kappa shape index (κ1) is 24.1. The SMILES string of the molecule is O=c1[nH]ccc2cc(OC3CCNCC3)ccc12.O=c1[nH]ccc2cc(OC3CCNCC3)ccc12. The highest BCUT2D eigenvalue weighted by molar-refractivity contribution is 5.83. The highest BCUT2D eigenvalue weighted by Crippen LogP contribution is 2.22. The lowest BCUT2D eigenvalue weighted by Gasteiger charge is -2.23. The minimum absolute atomic E-state index is 0.0547. The van der Waals surface area contributed by atoms with Gasteiger partial charge in [-0.1, -0.05) is 0 Å². The molecule has 6 rings (SSSR count). The number of nitrogens with one attached hydrogen (secondary N) is 4. The Morgan fingerprint density at radius 1 is 0.583 bits per heavy atom. The second kappa shape index (κ2) is 11.4. The fourth-order valence-electron chi connectivity index (χ4n) is 4.70. The molecule has 0 amide bonds. The van der Waals surface area contributed by atoms with Crippen molar-refractivity contribution in [3.05, 3.63) is 81.6 Å². The largest absolute Gasteiger partial charge is 0.490 e. The van der Waals surface area contributed by atoms with Crippen LogP contribution in [0.4, 0.5) is 0 Å². The van der Waals surface area contributed by atoms with Crippen LogP contribution in [-0.2, 0) is 0 Å². The van der Waals surface area contributed by atoms with E-state index in [1.807, 2.05) is 48.5 Å². The van der Waals surface area contributed by atoms with E-state index < -0.39 is 0 Å². The van der Waals surface area contributed by atoms with Crippen LogP contribution in [0.3, 0.4) is 0 Å². The van der Waals surface area contributed by atoms with E-state index in [0.717, 1.165) is 74.1 Å².